The lowest BCUT2D eigenvalue weighted by molar-refractivity contribution is -0.106. The van der Waals surface area contributed by atoms with Gasteiger partial charge in [0.2, 0.25) is 0 Å². The minimum Gasteiger partial charge on any atom is -0.375 e. The van der Waals surface area contributed by atoms with Crippen LogP contribution in [0.15, 0.2) is 0 Å². The van der Waals surface area contributed by atoms with Crippen LogP contribution < -0.4 is 0 Å². The molecule has 4 nitrogen and oxygen atoms in total. The van der Waals surface area contributed by atoms with E-state index in [9.17, 15) is 8.42 Å². The predicted molar refractivity (Wildman–Crippen MR) is 56.1 cm³/mol. The van der Waals surface area contributed by atoms with Gasteiger partial charge >= 0.3 is 0 Å². The molecule has 88 valence electrons. The third kappa shape index (κ3) is 2.92. The number of ether oxygens (including phenoxy) is 1. The molecule has 0 aromatic rings. The number of rotatable bonds is 2. The van der Waals surface area contributed by atoms with Crippen LogP contribution in [0.4, 0.5) is 0 Å². The van der Waals surface area contributed by atoms with Gasteiger partial charge in [-0.25, -0.2) is 0 Å². The molecule has 1 spiro atoms. The van der Waals surface area contributed by atoms with E-state index in [2.05, 4.69) is 0 Å². The van der Waals surface area contributed by atoms with Crippen LogP contribution in [-0.4, -0.2) is 33.0 Å². The van der Waals surface area contributed by atoms with Crippen LogP contribution in [0, 0.1) is 0 Å². The second-order valence-electron chi connectivity index (χ2n) is 4.65. The van der Waals surface area contributed by atoms with E-state index in [0.717, 1.165) is 25.5 Å². The van der Waals surface area contributed by atoms with Crippen LogP contribution in [-0.2, 0) is 19.0 Å². The van der Waals surface area contributed by atoms with Crippen molar-refractivity contribution in [2.24, 2.45) is 0 Å². The Morgan fingerprint density at radius 3 is 2.60 bits per heavy atom. The third-order valence-corrected chi connectivity index (χ3v) is 3.90. The average Bonchev–Trinajstić information content (AvgIpc) is 2.50. The molecule has 0 aromatic carbocycles. The molecule has 0 aromatic heterocycles. The van der Waals surface area contributed by atoms with Crippen LogP contribution in [0.1, 0.15) is 38.5 Å². The molecule has 1 atom stereocenters. The summed E-state index contributed by atoms with van der Waals surface area (Å²) in [6, 6.07) is 0. The van der Waals surface area contributed by atoms with Gasteiger partial charge in [0.25, 0.3) is 10.1 Å². The van der Waals surface area contributed by atoms with E-state index in [1.807, 2.05) is 0 Å². The van der Waals surface area contributed by atoms with E-state index >= 15 is 0 Å². The second kappa shape index (κ2) is 4.03. The van der Waals surface area contributed by atoms with Gasteiger partial charge in [0, 0.05) is 13.0 Å². The Balaban J connectivity index is 1.98. The molecule has 1 aliphatic carbocycles. The third-order valence-electron chi connectivity index (χ3n) is 3.27. The largest absolute Gasteiger partial charge is 0.375 e. The van der Waals surface area contributed by atoms with Gasteiger partial charge in [-0.15, -0.1) is 0 Å². The van der Waals surface area contributed by atoms with E-state index in [0.29, 0.717) is 13.0 Å². The van der Waals surface area contributed by atoms with Crippen LogP contribution in [0.5, 0.6) is 0 Å². The van der Waals surface area contributed by atoms with Gasteiger partial charge < -0.3 is 4.74 Å². The van der Waals surface area contributed by atoms with Gasteiger partial charge in [-0.05, 0) is 19.3 Å². The Kier molecular flexibility index (Phi) is 3.05. The first-order valence-electron chi connectivity index (χ1n) is 5.51. The minimum atomic E-state index is -3.33. The van der Waals surface area contributed by atoms with Gasteiger partial charge in [-0.3, -0.25) is 4.18 Å². The molecule has 2 aliphatic rings. The van der Waals surface area contributed by atoms with Crippen LogP contribution in [0.3, 0.4) is 0 Å². The molecule has 1 aliphatic heterocycles. The van der Waals surface area contributed by atoms with Crippen molar-refractivity contribution < 1.29 is 17.3 Å². The lowest BCUT2D eigenvalue weighted by atomic mass is 9.90. The Morgan fingerprint density at radius 1 is 1.33 bits per heavy atom. The Morgan fingerprint density at radius 2 is 2.00 bits per heavy atom. The first-order valence-corrected chi connectivity index (χ1v) is 7.33. The van der Waals surface area contributed by atoms with Crippen molar-refractivity contribution in [2.75, 3.05) is 12.9 Å². The Labute approximate surface area is 91.1 Å². The van der Waals surface area contributed by atoms with Gasteiger partial charge in [-0.2, -0.15) is 8.42 Å². The van der Waals surface area contributed by atoms with E-state index in [-0.39, 0.29) is 11.7 Å². The van der Waals surface area contributed by atoms with Crippen molar-refractivity contribution in [3.8, 4) is 0 Å². The number of hydrogen-bond acceptors (Lipinski definition) is 4. The summed E-state index contributed by atoms with van der Waals surface area (Å²) in [6.07, 6.45) is 6.84. The lowest BCUT2D eigenvalue weighted by Gasteiger charge is -2.37. The van der Waals surface area contributed by atoms with Gasteiger partial charge in [-0.1, -0.05) is 12.8 Å². The molecular weight excluding hydrogens is 216 g/mol. The summed E-state index contributed by atoms with van der Waals surface area (Å²) in [5.74, 6) is 0. The molecule has 0 N–H and O–H groups in total. The molecule has 0 bridgehead atoms. The van der Waals surface area contributed by atoms with Crippen LogP contribution >= 0.6 is 0 Å². The quantitative estimate of drug-likeness (QED) is 0.679. The monoisotopic (exact) mass is 234 g/mol. The zero-order valence-electron chi connectivity index (χ0n) is 9.07. The fourth-order valence-corrected chi connectivity index (χ4v) is 3.34. The van der Waals surface area contributed by atoms with Crippen molar-refractivity contribution in [1.29, 1.82) is 0 Å². The van der Waals surface area contributed by atoms with Crippen LogP contribution in [0.25, 0.3) is 0 Å². The summed E-state index contributed by atoms with van der Waals surface area (Å²) < 4.78 is 32.9. The molecule has 0 radical (unpaired) electrons. The highest BCUT2D eigenvalue weighted by atomic mass is 32.2. The van der Waals surface area contributed by atoms with Crippen molar-refractivity contribution in [3.63, 3.8) is 0 Å². The van der Waals surface area contributed by atoms with E-state index in [1.54, 1.807) is 0 Å². The average molecular weight is 234 g/mol. The molecule has 2 rings (SSSR count). The fraction of sp³-hybridized carbons (Fsp3) is 1.00. The standard InChI is InChI=1S/C10H18O4S/c1-15(11,12)14-9-4-7-13-10(8-9)5-2-3-6-10/h9H,2-8H2,1H3. The van der Waals surface area contributed by atoms with Crippen molar-refractivity contribution >= 4 is 10.1 Å². The van der Waals surface area contributed by atoms with Crippen LogP contribution in [0.2, 0.25) is 0 Å². The SMILES string of the molecule is CS(=O)(=O)OC1CCOC2(CCCC2)C1. The predicted octanol–water partition coefficient (Wildman–Crippen LogP) is 1.45. The highest BCUT2D eigenvalue weighted by molar-refractivity contribution is 7.86. The zero-order chi connectivity index (χ0) is 10.9. The summed E-state index contributed by atoms with van der Waals surface area (Å²) >= 11 is 0. The Bertz CT molecular complexity index is 316. The summed E-state index contributed by atoms with van der Waals surface area (Å²) in [5.41, 5.74) is -0.0758. The highest BCUT2D eigenvalue weighted by Crippen LogP contribution is 2.40. The summed E-state index contributed by atoms with van der Waals surface area (Å²) in [5, 5.41) is 0. The summed E-state index contributed by atoms with van der Waals surface area (Å²) in [6.45, 7) is 0.625. The summed E-state index contributed by atoms with van der Waals surface area (Å²) in [7, 11) is -3.33. The molecule has 15 heavy (non-hydrogen) atoms. The highest BCUT2D eigenvalue weighted by Gasteiger charge is 2.41. The van der Waals surface area contributed by atoms with E-state index < -0.39 is 10.1 Å². The smallest absolute Gasteiger partial charge is 0.264 e. The maximum Gasteiger partial charge on any atom is 0.264 e. The summed E-state index contributed by atoms with van der Waals surface area (Å²) in [4.78, 5) is 0. The fourth-order valence-electron chi connectivity index (χ4n) is 2.68. The number of hydrogen-bond donors (Lipinski definition) is 0. The first-order chi connectivity index (χ1) is 6.99. The van der Waals surface area contributed by atoms with Gasteiger partial charge in [0.1, 0.15) is 0 Å². The lowest BCUT2D eigenvalue weighted by Crippen LogP contribution is -2.41. The van der Waals surface area contributed by atoms with E-state index in [4.69, 9.17) is 8.92 Å². The van der Waals surface area contributed by atoms with Crippen molar-refractivity contribution in [3.05, 3.63) is 0 Å². The molecule has 1 saturated heterocycles. The topological polar surface area (TPSA) is 52.6 Å². The maximum absolute atomic E-state index is 11.0. The molecule has 0 amide bonds. The molecular formula is C10H18O4S. The van der Waals surface area contributed by atoms with E-state index in [1.165, 1.54) is 12.8 Å². The van der Waals surface area contributed by atoms with Crippen molar-refractivity contribution in [2.45, 2.75) is 50.2 Å². The molecule has 1 heterocycles. The molecule has 1 saturated carbocycles. The maximum atomic E-state index is 11.0. The normalized spacial score (nSPS) is 30.9. The molecule has 1 unspecified atom stereocenters. The van der Waals surface area contributed by atoms with Gasteiger partial charge in [0.05, 0.1) is 18.0 Å². The molecule has 2 fully saturated rings. The second-order valence-corrected chi connectivity index (χ2v) is 6.25. The van der Waals surface area contributed by atoms with Gasteiger partial charge in [0.15, 0.2) is 0 Å². The zero-order valence-corrected chi connectivity index (χ0v) is 9.88. The van der Waals surface area contributed by atoms with Crippen molar-refractivity contribution in [1.82, 2.24) is 0 Å². The molecule has 5 heteroatoms. The Hall–Kier alpha value is -0.130. The minimum absolute atomic E-state index is 0.0758. The first kappa shape index (κ1) is 11.4.